The quantitative estimate of drug-likeness (QED) is 0.394. The minimum Gasteiger partial charge on any atom is -0.135 e. The van der Waals surface area contributed by atoms with Crippen LogP contribution >= 0.6 is 11.3 Å². The molecule has 0 fully saturated rings. The lowest BCUT2D eigenvalue weighted by Crippen LogP contribution is -1.77. The Bertz CT molecular complexity index is 941. The maximum Gasteiger partial charge on any atom is 0.0355 e. The van der Waals surface area contributed by atoms with E-state index in [2.05, 4.69) is 85.8 Å². The second kappa shape index (κ2) is 5.43. The summed E-state index contributed by atoms with van der Waals surface area (Å²) >= 11 is 1.86. The van der Waals surface area contributed by atoms with E-state index in [1.54, 1.807) is 0 Å². The van der Waals surface area contributed by atoms with Crippen LogP contribution in [0.3, 0.4) is 0 Å². The maximum absolute atomic E-state index is 2.25. The maximum atomic E-state index is 2.25. The molecular weight excluding hydrogens is 284 g/mol. The van der Waals surface area contributed by atoms with Crippen molar-refractivity contribution in [3.63, 3.8) is 0 Å². The van der Waals surface area contributed by atoms with E-state index in [1.807, 2.05) is 11.3 Å². The zero-order valence-electron chi connectivity index (χ0n) is 12.4. The predicted molar refractivity (Wildman–Crippen MR) is 97.4 cm³/mol. The van der Waals surface area contributed by atoms with Gasteiger partial charge in [-0.2, -0.15) is 0 Å². The third kappa shape index (κ3) is 2.34. The standard InChI is InChI=1S/C21H16S/c1-15-6-4-9-17(14-15)20-12-13-21(22-20)19-11-5-8-16-7-2-3-10-18(16)19/h2-14H,1H3. The van der Waals surface area contributed by atoms with Crippen LogP contribution in [0.4, 0.5) is 0 Å². The molecule has 0 unspecified atom stereocenters. The van der Waals surface area contributed by atoms with Gasteiger partial charge in [0.05, 0.1) is 0 Å². The highest BCUT2D eigenvalue weighted by Crippen LogP contribution is 2.37. The Labute approximate surface area is 134 Å². The van der Waals surface area contributed by atoms with Gasteiger partial charge < -0.3 is 0 Å². The molecule has 0 atom stereocenters. The van der Waals surface area contributed by atoms with Crippen molar-refractivity contribution < 1.29 is 0 Å². The van der Waals surface area contributed by atoms with E-state index in [0.29, 0.717) is 0 Å². The monoisotopic (exact) mass is 300 g/mol. The van der Waals surface area contributed by atoms with Gasteiger partial charge in [-0.1, -0.05) is 72.3 Å². The highest BCUT2D eigenvalue weighted by molar-refractivity contribution is 7.18. The van der Waals surface area contributed by atoms with Gasteiger partial charge in [-0.15, -0.1) is 11.3 Å². The Morgan fingerprint density at radius 2 is 1.45 bits per heavy atom. The number of fused-ring (bicyclic) bond motifs is 1. The van der Waals surface area contributed by atoms with Crippen LogP contribution in [-0.4, -0.2) is 0 Å². The van der Waals surface area contributed by atoms with Crippen molar-refractivity contribution in [3.8, 4) is 20.9 Å². The molecule has 0 N–H and O–H groups in total. The Kier molecular flexibility index (Phi) is 3.28. The van der Waals surface area contributed by atoms with Crippen molar-refractivity contribution >= 4 is 22.1 Å². The van der Waals surface area contributed by atoms with Gasteiger partial charge in [-0.3, -0.25) is 0 Å². The second-order valence-corrected chi connectivity index (χ2v) is 6.64. The van der Waals surface area contributed by atoms with Crippen LogP contribution in [0.2, 0.25) is 0 Å². The molecule has 0 spiro atoms. The summed E-state index contributed by atoms with van der Waals surface area (Å²) in [4.78, 5) is 2.65. The van der Waals surface area contributed by atoms with Gasteiger partial charge in [0, 0.05) is 9.75 Å². The fourth-order valence-electron chi connectivity index (χ4n) is 2.88. The molecule has 1 heterocycles. The first-order chi connectivity index (χ1) is 10.8. The molecule has 0 nitrogen and oxygen atoms in total. The molecule has 0 radical (unpaired) electrons. The molecule has 0 saturated carbocycles. The third-order valence-corrected chi connectivity index (χ3v) is 5.13. The minimum atomic E-state index is 1.30. The molecule has 106 valence electrons. The molecule has 0 aliphatic heterocycles. The van der Waals surface area contributed by atoms with E-state index >= 15 is 0 Å². The third-order valence-electron chi connectivity index (χ3n) is 3.96. The molecule has 0 aliphatic carbocycles. The van der Waals surface area contributed by atoms with Gasteiger partial charge in [-0.05, 0) is 41.0 Å². The molecule has 0 saturated heterocycles. The molecule has 1 heteroatoms. The topological polar surface area (TPSA) is 0 Å². The van der Waals surface area contributed by atoms with Gasteiger partial charge in [0.2, 0.25) is 0 Å². The fourth-order valence-corrected chi connectivity index (χ4v) is 3.92. The fraction of sp³-hybridized carbons (Fsp3) is 0.0476. The smallest absolute Gasteiger partial charge is 0.0355 e. The summed E-state index contributed by atoms with van der Waals surface area (Å²) in [5, 5.41) is 2.62. The first-order valence-electron chi connectivity index (χ1n) is 7.46. The Balaban J connectivity index is 1.84. The van der Waals surface area contributed by atoms with Gasteiger partial charge in [-0.25, -0.2) is 0 Å². The lowest BCUT2D eigenvalue weighted by atomic mass is 10.0. The number of rotatable bonds is 2. The number of benzene rings is 3. The summed E-state index contributed by atoms with van der Waals surface area (Å²) in [6.45, 7) is 2.14. The van der Waals surface area contributed by atoms with E-state index in [-0.39, 0.29) is 0 Å². The average Bonchev–Trinajstić information content (AvgIpc) is 3.04. The first-order valence-corrected chi connectivity index (χ1v) is 8.28. The summed E-state index contributed by atoms with van der Waals surface area (Å²) in [6.07, 6.45) is 0. The first kappa shape index (κ1) is 13.3. The Hall–Kier alpha value is -2.38. The van der Waals surface area contributed by atoms with E-state index in [4.69, 9.17) is 0 Å². The highest BCUT2D eigenvalue weighted by Gasteiger charge is 2.08. The van der Waals surface area contributed by atoms with Crippen molar-refractivity contribution in [3.05, 3.63) is 84.4 Å². The summed E-state index contributed by atoms with van der Waals surface area (Å²) in [5.41, 5.74) is 3.93. The van der Waals surface area contributed by atoms with Crippen LogP contribution in [0, 0.1) is 6.92 Å². The Morgan fingerprint density at radius 1 is 0.682 bits per heavy atom. The number of thiophene rings is 1. The summed E-state index contributed by atoms with van der Waals surface area (Å²) < 4.78 is 0. The van der Waals surface area contributed by atoms with Crippen molar-refractivity contribution in [2.24, 2.45) is 0 Å². The molecule has 0 bridgehead atoms. The van der Waals surface area contributed by atoms with Gasteiger partial charge in [0.25, 0.3) is 0 Å². The highest BCUT2D eigenvalue weighted by atomic mass is 32.1. The predicted octanol–water partition coefficient (Wildman–Crippen LogP) is 6.54. The van der Waals surface area contributed by atoms with Crippen LogP contribution in [0.15, 0.2) is 78.9 Å². The molecule has 4 rings (SSSR count). The van der Waals surface area contributed by atoms with Gasteiger partial charge in [0.15, 0.2) is 0 Å². The molecular formula is C21H16S. The molecule has 0 aliphatic rings. The van der Waals surface area contributed by atoms with Gasteiger partial charge in [0.1, 0.15) is 0 Å². The molecule has 4 aromatic rings. The van der Waals surface area contributed by atoms with E-state index in [1.165, 1.54) is 37.2 Å². The summed E-state index contributed by atoms with van der Waals surface area (Å²) in [7, 11) is 0. The zero-order valence-corrected chi connectivity index (χ0v) is 13.2. The van der Waals surface area contributed by atoms with Crippen LogP contribution < -0.4 is 0 Å². The normalized spacial score (nSPS) is 11.0. The Morgan fingerprint density at radius 3 is 2.36 bits per heavy atom. The van der Waals surface area contributed by atoms with E-state index < -0.39 is 0 Å². The van der Waals surface area contributed by atoms with Crippen molar-refractivity contribution in [1.29, 1.82) is 0 Å². The van der Waals surface area contributed by atoms with E-state index in [9.17, 15) is 0 Å². The van der Waals surface area contributed by atoms with Crippen LogP contribution in [0.5, 0.6) is 0 Å². The second-order valence-electron chi connectivity index (χ2n) is 5.56. The lowest BCUT2D eigenvalue weighted by molar-refractivity contribution is 1.48. The lowest BCUT2D eigenvalue weighted by Gasteiger charge is -2.04. The summed E-state index contributed by atoms with van der Waals surface area (Å²) in [5.74, 6) is 0. The average molecular weight is 300 g/mol. The molecule has 22 heavy (non-hydrogen) atoms. The van der Waals surface area contributed by atoms with Crippen LogP contribution in [0.25, 0.3) is 31.7 Å². The number of hydrogen-bond donors (Lipinski definition) is 0. The SMILES string of the molecule is Cc1cccc(-c2ccc(-c3cccc4ccccc34)s2)c1. The van der Waals surface area contributed by atoms with Crippen LogP contribution in [0.1, 0.15) is 5.56 Å². The largest absolute Gasteiger partial charge is 0.135 e. The molecule has 1 aromatic heterocycles. The summed E-state index contributed by atoms with van der Waals surface area (Å²) in [6, 6.07) is 28.3. The van der Waals surface area contributed by atoms with E-state index in [0.717, 1.165) is 0 Å². The number of aryl methyl sites for hydroxylation is 1. The zero-order chi connectivity index (χ0) is 14.9. The number of hydrogen-bond acceptors (Lipinski definition) is 1. The molecule has 3 aromatic carbocycles. The minimum absolute atomic E-state index is 1.30. The molecule has 0 amide bonds. The van der Waals surface area contributed by atoms with Crippen LogP contribution in [-0.2, 0) is 0 Å². The van der Waals surface area contributed by atoms with Gasteiger partial charge >= 0.3 is 0 Å². The van der Waals surface area contributed by atoms with Crippen molar-refractivity contribution in [1.82, 2.24) is 0 Å². The van der Waals surface area contributed by atoms with Crippen molar-refractivity contribution in [2.45, 2.75) is 6.92 Å². The van der Waals surface area contributed by atoms with Crippen molar-refractivity contribution in [2.75, 3.05) is 0 Å².